The van der Waals surface area contributed by atoms with E-state index in [4.69, 9.17) is 26.4 Å². The molecule has 0 saturated carbocycles. The van der Waals surface area contributed by atoms with E-state index < -0.39 is 5.79 Å². The van der Waals surface area contributed by atoms with Crippen LogP contribution in [0.3, 0.4) is 0 Å². The maximum atomic E-state index is 14.8. The molecular weight excluding hydrogens is 385 g/mol. The van der Waals surface area contributed by atoms with Crippen LogP contribution >= 0.6 is 12.2 Å². The fourth-order valence-corrected chi connectivity index (χ4v) is 3.58. The Morgan fingerprint density at radius 2 is 2.07 bits per heavy atom. The largest absolute Gasteiger partial charge is 0.474 e. The lowest BCUT2D eigenvalue weighted by Gasteiger charge is -2.38. The van der Waals surface area contributed by atoms with Crippen molar-refractivity contribution in [3.8, 4) is 5.69 Å². The van der Waals surface area contributed by atoms with Crippen LogP contribution in [0.4, 0.5) is 10.1 Å². The van der Waals surface area contributed by atoms with E-state index >= 15 is 0 Å². The summed E-state index contributed by atoms with van der Waals surface area (Å²) in [5.74, 6) is -0.763. The lowest BCUT2D eigenvalue weighted by molar-refractivity contribution is -0.169. The minimum Gasteiger partial charge on any atom is -0.474 e. The summed E-state index contributed by atoms with van der Waals surface area (Å²) in [6.07, 6.45) is 3.19. The minimum atomic E-state index is -0.469. The minimum absolute atomic E-state index is 0.279. The molecule has 1 spiro atoms. The molecule has 150 valence electrons. The molecule has 0 aliphatic carbocycles. The maximum Gasteiger partial charge on any atom is 0.256 e. The van der Waals surface area contributed by atoms with Gasteiger partial charge >= 0.3 is 0 Å². The molecule has 3 heterocycles. The first-order valence-electron chi connectivity index (χ1n) is 9.14. The first-order valence-corrected chi connectivity index (χ1v) is 9.55. The van der Waals surface area contributed by atoms with E-state index in [9.17, 15) is 4.39 Å². The molecule has 2 aromatic rings. The Bertz CT molecular complexity index is 845. The van der Waals surface area contributed by atoms with Gasteiger partial charge in [-0.25, -0.2) is 9.07 Å². The molecule has 2 saturated heterocycles. The average Bonchev–Trinajstić information content (AvgIpc) is 3.37. The van der Waals surface area contributed by atoms with E-state index in [2.05, 4.69) is 15.6 Å². The Morgan fingerprint density at radius 1 is 1.32 bits per heavy atom. The zero-order valence-electron chi connectivity index (χ0n) is 15.6. The summed E-state index contributed by atoms with van der Waals surface area (Å²) < 4.78 is 32.7. The van der Waals surface area contributed by atoms with Crippen LogP contribution in [0.5, 0.6) is 0 Å². The molecule has 10 heteroatoms. The highest BCUT2D eigenvalue weighted by Crippen LogP contribution is 2.34. The number of thiocarbonyl (C=S) groups is 1. The number of rotatable bonds is 4. The van der Waals surface area contributed by atoms with Crippen molar-refractivity contribution in [3.63, 3.8) is 0 Å². The second kappa shape index (κ2) is 7.98. The van der Waals surface area contributed by atoms with E-state index in [0.29, 0.717) is 49.9 Å². The summed E-state index contributed by atoms with van der Waals surface area (Å²) in [7, 11) is 1.49. The summed E-state index contributed by atoms with van der Waals surface area (Å²) in [5.41, 5.74) is 1.84. The van der Waals surface area contributed by atoms with Gasteiger partial charge in [-0.05, 0) is 24.4 Å². The van der Waals surface area contributed by atoms with E-state index in [1.165, 1.54) is 17.9 Å². The SMILES string of the molecule is COC(=S)NCc1cn(-c2ccc(N3CCC4(CC3)OCCO4)c(F)c2)nn1. The summed E-state index contributed by atoms with van der Waals surface area (Å²) in [6.45, 7) is 3.03. The van der Waals surface area contributed by atoms with Gasteiger partial charge in [-0.15, -0.1) is 5.10 Å². The number of piperidine rings is 1. The standard InChI is InChI=1S/C18H22FN5O3S/c1-25-17(28)20-11-13-12-24(22-21-13)14-2-3-16(15(19)10-14)23-6-4-18(5-7-23)26-8-9-27-18/h2-3,10,12H,4-9,11H2,1H3,(H,20,28). The van der Waals surface area contributed by atoms with Crippen molar-refractivity contribution in [2.24, 2.45) is 0 Å². The second-order valence-electron chi connectivity index (χ2n) is 6.73. The first-order chi connectivity index (χ1) is 13.6. The highest BCUT2D eigenvalue weighted by molar-refractivity contribution is 7.80. The quantitative estimate of drug-likeness (QED) is 0.769. The van der Waals surface area contributed by atoms with E-state index in [1.54, 1.807) is 12.3 Å². The molecule has 2 fully saturated rings. The van der Waals surface area contributed by atoms with Gasteiger partial charge in [0.15, 0.2) is 5.79 Å². The number of anilines is 1. The van der Waals surface area contributed by atoms with Gasteiger partial charge in [0, 0.05) is 32.0 Å². The molecule has 2 aliphatic heterocycles. The van der Waals surface area contributed by atoms with Gasteiger partial charge in [0.2, 0.25) is 0 Å². The van der Waals surface area contributed by atoms with Crippen molar-refractivity contribution >= 4 is 23.1 Å². The number of benzene rings is 1. The average molecular weight is 407 g/mol. The lowest BCUT2D eigenvalue weighted by Crippen LogP contribution is -2.45. The number of hydrogen-bond acceptors (Lipinski definition) is 7. The number of hydrogen-bond donors (Lipinski definition) is 1. The third-order valence-corrected chi connectivity index (χ3v) is 5.33. The maximum absolute atomic E-state index is 14.8. The predicted octanol–water partition coefficient (Wildman–Crippen LogP) is 1.77. The van der Waals surface area contributed by atoms with Crippen molar-refractivity contribution in [2.75, 3.05) is 38.3 Å². The van der Waals surface area contributed by atoms with E-state index in [1.807, 2.05) is 11.0 Å². The van der Waals surface area contributed by atoms with Crippen LogP contribution in [0, 0.1) is 5.82 Å². The van der Waals surface area contributed by atoms with Gasteiger partial charge in [0.1, 0.15) is 11.5 Å². The molecule has 1 N–H and O–H groups in total. The normalized spacial score (nSPS) is 18.4. The van der Waals surface area contributed by atoms with Crippen LogP contribution in [-0.2, 0) is 20.8 Å². The highest BCUT2D eigenvalue weighted by Gasteiger charge is 2.40. The van der Waals surface area contributed by atoms with Crippen LogP contribution in [0.25, 0.3) is 5.69 Å². The molecule has 2 aliphatic rings. The Balaban J connectivity index is 1.42. The third-order valence-electron chi connectivity index (χ3n) is 5.02. The zero-order chi connectivity index (χ0) is 19.6. The van der Waals surface area contributed by atoms with Gasteiger partial charge in [-0.2, -0.15) is 0 Å². The van der Waals surface area contributed by atoms with Gasteiger partial charge in [0.05, 0.1) is 44.4 Å². The number of aromatic nitrogens is 3. The van der Waals surface area contributed by atoms with Gasteiger partial charge in [-0.1, -0.05) is 5.21 Å². The van der Waals surface area contributed by atoms with Gasteiger partial charge in [-0.3, -0.25) is 0 Å². The topological polar surface area (TPSA) is 73.7 Å². The number of nitrogens with one attached hydrogen (secondary N) is 1. The Hall–Kier alpha value is -2.30. The monoisotopic (exact) mass is 407 g/mol. The van der Waals surface area contributed by atoms with Crippen molar-refractivity contribution < 1.29 is 18.6 Å². The molecule has 0 amide bonds. The number of methoxy groups -OCH3 is 1. The third kappa shape index (κ3) is 3.94. The highest BCUT2D eigenvalue weighted by atomic mass is 32.1. The molecule has 1 aromatic carbocycles. The Kier molecular flexibility index (Phi) is 5.42. The number of nitrogens with zero attached hydrogens (tertiary/aromatic N) is 4. The molecule has 0 radical (unpaired) electrons. The zero-order valence-corrected chi connectivity index (χ0v) is 16.4. The molecule has 0 unspecified atom stereocenters. The van der Waals surface area contributed by atoms with Gasteiger partial charge < -0.3 is 24.4 Å². The summed E-state index contributed by atoms with van der Waals surface area (Å²) >= 11 is 4.92. The van der Waals surface area contributed by atoms with Crippen molar-refractivity contribution in [2.45, 2.75) is 25.2 Å². The fraction of sp³-hybridized carbons (Fsp3) is 0.500. The molecular formula is C18H22FN5O3S. The van der Waals surface area contributed by atoms with Crippen LogP contribution in [0.15, 0.2) is 24.4 Å². The van der Waals surface area contributed by atoms with E-state index in [-0.39, 0.29) is 11.0 Å². The number of ether oxygens (including phenoxy) is 3. The molecule has 4 rings (SSSR count). The molecule has 1 aromatic heterocycles. The Morgan fingerprint density at radius 3 is 2.75 bits per heavy atom. The summed E-state index contributed by atoms with van der Waals surface area (Å²) in [5, 5.41) is 11.3. The predicted molar refractivity (Wildman–Crippen MR) is 104 cm³/mol. The summed E-state index contributed by atoms with van der Waals surface area (Å²) in [4.78, 5) is 2.03. The molecule has 8 nitrogen and oxygen atoms in total. The smallest absolute Gasteiger partial charge is 0.256 e. The molecule has 28 heavy (non-hydrogen) atoms. The lowest BCUT2D eigenvalue weighted by atomic mass is 10.0. The molecule has 0 bridgehead atoms. The summed E-state index contributed by atoms with van der Waals surface area (Å²) in [6, 6.07) is 5.07. The van der Waals surface area contributed by atoms with Crippen LogP contribution < -0.4 is 10.2 Å². The van der Waals surface area contributed by atoms with Gasteiger partial charge in [0.25, 0.3) is 5.17 Å². The first kappa shape index (κ1) is 19.0. The van der Waals surface area contributed by atoms with Crippen molar-refractivity contribution in [1.82, 2.24) is 20.3 Å². The fourth-order valence-electron chi connectivity index (χ4n) is 3.51. The van der Waals surface area contributed by atoms with Crippen LogP contribution in [0.1, 0.15) is 18.5 Å². The molecule has 0 atom stereocenters. The van der Waals surface area contributed by atoms with Crippen LogP contribution in [-0.4, -0.2) is 59.4 Å². The van der Waals surface area contributed by atoms with E-state index in [0.717, 1.165) is 12.8 Å². The second-order valence-corrected chi connectivity index (χ2v) is 7.10. The Labute approximate surface area is 167 Å². The van der Waals surface area contributed by atoms with Crippen LogP contribution in [0.2, 0.25) is 0 Å². The number of halogens is 1. The van der Waals surface area contributed by atoms with Crippen molar-refractivity contribution in [3.05, 3.63) is 35.9 Å². The van der Waals surface area contributed by atoms with Crippen molar-refractivity contribution in [1.29, 1.82) is 0 Å².